The third-order valence-corrected chi connectivity index (χ3v) is 3.02. The van der Waals surface area contributed by atoms with Crippen molar-refractivity contribution in [3.8, 4) is 0 Å². The monoisotopic (exact) mass is 309 g/mol. The van der Waals surface area contributed by atoms with Crippen molar-refractivity contribution in [1.29, 1.82) is 0 Å². The van der Waals surface area contributed by atoms with Crippen molar-refractivity contribution >= 4 is 23.3 Å². The highest BCUT2D eigenvalue weighted by Gasteiger charge is 2.13. The number of nitrogens with zero attached hydrogens (tertiary/aromatic N) is 1. The first-order valence-corrected chi connectivity index (χ1v) is 6.20. The second-order valence-electron chi connectivity index (χ2n) is 4.12. The first-order valence-electron chi connectivity index (χ1n) is 5.83. The number of hydrogen-bond donors (Lipinski definition) is 0. The minimum Gasteiger partial charge on any atom is -0.457 e. The molecule has 0 aliphatic rings. The van der Waals surface area contributed by atoms with E-state index in [1.165, 1.54) is 30.3 Å². The maximum atomic E-state index is 12.9. The maximum absolute atomic E-state index is 12.9. The van der Waals surface area contributed by atoms with Crippen LogP contribution in [0.3, 0.4) is 0 Å². The third-order valence-electron chi connectivity index (χ3n) is 2.67. The van der Waals surface area contributed by atoms with Crippen molar-refractivity contribution in [1.82, 2.24) is 0 Å². The number of carbonyl (C=O) groups is 1. The van der Waals surface area contributed by atoms with Gasteiger partial charge >= 0.3 is 5.97 Å². The van der Waals surface area contributed by atoms with Crippen LogP contribution in [-0.4, -0.2) is 10.9 Å². The van der Waals surface area contributed by atoms with Gasteiger partial charge in [0.2, 0.25) is 0 Å². The average Bonchev–Trinajstić information content (AvgIpc) is 2.46. The van der Waals surface area contributed by atoms with Gasteiger partial charge in [-0.2, -0.15) is 0 Å². The Hall–Kier alpha value is -2.47. The van der Waals surface area contributed by atoms with Gasteiger partial charge in [0.25, 0.3) is 5.69 Å². The Morgan fingerprint density at radius 2 is 2.05 bits per heavy atom. The largest absolute Gasteiger partial charge is 0.457 e. The molecule has 0 aliphatic heterocycles. The number of hydrogen-bond acceptors (Lipinski definition) is 4. The van der Waals surface area contributed by atoms with Crippen LogP contribution in [-0.2, 0) is 11.3 Å². The normalized spacial score (nSPS) is 10.2. The molecule has 0 N–H and O–H groups in total. The number of benzene rings is 2. The van der Waals surface area contributed by atoms with Gasteiger partial charge in [-0.1, -0.05) is 23.7 Å². The number of rotatable bonds is 4. The lowest BCUT2D eigenvalue weighted by molar-refractivity contribution is -0.384. The quantitative estimate of drug-likeness (QED) is 0.490. The Bertz CT molecular complexity index is 705. The third kappa shape index (κ3) is 3.76. The first kappa shape index (κ1) is 14.9. The smallest absolute Gasteiger partial charge is 0.338 e. The summed E-state index contributed by atoms with van der Waals surface area (Å²) in [5, 5.41) is 10.8. The van der Waals surface area contributed by atoms with Gasteiger partial charge in [0.15, 0.2) is 0 Å². The zero-order valence-corrected chi connectivity index (χ0v) is 11.3. The predicted molar refractivity (Wildman–Crippen MR) is 73.6 cm³/mol. The molecular weight excluding hydrogens is 301 g/mol. The Kier molecular flexibility index (Phi) is 4.49. The molecule has 0 radical (unpaired) electrons. The average molecular weight is 310 g/mol. The van der Waals surface area contributed by atoms with E-state index in [9.17, 15) is 19.3 Å². The minimum atomic E-state index is -0.723. The van der Waals surface area contributed by atoms with Crippen LogP contribution in [0.4, 0.5) is 10.1 Å². The molecule has 2 rings (SSSR count). The Morgan fingerprint density at radius 1 is 1.29 bits per heavy atom. The van der Waals surface area contributed by atoms with Crippen molar-refractivity contribution in [2.24, 2.45) is 0 Å². The molecule has 7 heteroatoms. The lowest BCUT2D eigenvalue weighted by Crippen LogP contribution is -2.06. The summed E-state index contributed by atoms with van der Waals surface area (Å²) >= 11 is 5.81. The number of non-ortho nitro benzene ring substituents is 1. The van der Waals surface area contributed by atoms with E-state index in [1.54, 1.807) is 0 Å². The van der Waals surface area contributed by atoms with Crippen LogP contribution in [0.2, 0.25) is 5.02 Å². The number of nitro benzene ring substituents is 1. The molecule has 0 amide bonds. The summed E-state index contributed by atoms with van der Waals surface area (Å²) in [6.45, 7) is -0.152. The standard InChI is InChI=1S/C14H9ClFNO4/c15-13-7-11(16)5-4-10(13)8-21-14(18)9-2-1-3-12(6-9)17(19)20/h1-7H,8H2. The molecule has 0 bridgehead atoms. The highest BCUT2D eigenvalue weighted by molar-refractivity contribution is 6.31. The van der Waals surface area contributed by atoms with Crippen LogP contribution < -0.4 is 0 Å². The van der Waals surface area contributed by atoms with Gasteiger partial charge in [0.05, 0.1) is 15.5 Å². The van der Waals surface area contributed by atoms with Crippen LogP contribution in [0.1, 0.15) is 15.9 Å². The topological polar surface area (TPSA) is 69.4 Å². The Morgan fingerprint density at radius 3 is 2.71 bits per heavy atom. The molecule has 0 atom stereocenters. The van der Waals surface area contributed by atoms with Crippen LogP contribution in [0.15, 0.2) is 42.5 Å². The van der Waals surface area contributed by atoms with Gasteiger partial charge < -0.3 is 4.74 Å². The number of carbonyl (C=O) groups excluding carboxylic acids is 1. The van der Waals surface area contributed by atoms with Gasteiger partial charge in [-0.15, -0.1) is 0 Å². The molecule has 2 aromatic rings. The maximum Gasteiger partial charge on any atom is 0.338 e. The van der Waals surface area contributed by atoms with E-state index in [-0.39, 0.29) is 22.9 Å². The fourth-order valence-corrected chi connectivity index (χ4v) is 1.83. The zero-order valence-electron chi connectivity index (χ0n) is 10.6. The molecule has 108 valence electrons. The highest BCUT2D eigenvalue weighted by Crippen LogP contribution is 2.19. The summed E-state index contributed by atoms with van der Waals surface area (Å²) in [5.41, 5.74) is 0.295. The highest BCUT2D eigenvalue weighted by atomic mass is 35.5. The van der Waals surface area contributed by atoms with Gasteiger partial charge in [-0.25, -0.2) is 9.18 Å². The van der Waals surface area contributed by atoms with E-state index >= 15 is 0 Å². The van der Waals surface area contributed by atoms with E-state index in [1.807, 2.05) is 0 Å². The van der Waals surface area contributed by atoms with E-state index in [0.717, 1.165) is 12.1 Å². The van der Waals surface area contributed by atoms with Crippen molar-refractivity contribution in [3.05, 3.63) is 74.5 Å². The molecule has 5 nitrogen and oxygen atoms in total. The summed E-state index contributed by atoms with van der Waals surface area (Å²) in [6, 6.07) is 8.89. The van der Waals surface area contributed by atoms with Gasteiger partial charge in [0.1, 0.15) is 12.4 Å². The summed E-state index contributed by atoms with van der Waals surface area (Å²) in [5.74, 6) is -1.21. The molecular formula is C14H9ClFNO4. The fraction of sp³-hybridized carbons (Fsp3) is 0.0714. The minimum absolute atomic E-state index is 0.0578. The molecule has 0 aliphatic carbocycles. The molecule has 0 saturated heterocycles. The van der Waals surface area contributed by atoms with Crippen molar-refractivity contribution in [3.63, 3.8) is 0 Å². The molecule has 0 heterocycles. The second kappa shape index (κ2) is 6.32. The predicted octanol–water partition coefficient (Wildman–Crippen LogP) is 3.74. The van der Waals surface area contributed by atoms with Crippen LogP contribution in [0, 0.1) is 15.9 Å². The van der Waals surface area contributed by atoms with Gasteiger partial charge in [-0.05, 0) is 18.2 Å². The molecule has 0 saturated carbocycles. The number of halogens is 2. The summed E-state index contributed by atoms with van der Waals surface area (Å²) in [7, 11) is 0. The van der Waals surface area contributed by atoms with Crippen molar-refractivity contribution in [2.45, 2.75) is 6.61 Å². The molecule has 2 aromatic carbocycles. The van der Waals surface area contributed by atoms with E-state index < -0.39 is 16.7 Å². The van der Waals surface area contributed by atoms with Crippen molar-refractivity contribution in [2.75, 3.05) is 0 Å². The molecule has 0 spiro atoms. The molecule has 0 fully saturated rings. The SMILES string of the molecule is O=C(OCc1ccc(F)cc1Cl)c1cccc([N+](=O)[O-])c1. The molecule has 21 heavy (non-hydrogen) atoms. The molecule has 0 aromatic heterocycles. The number of nitro groups is 1. The molecule has 0 unspecified atom stereocenters. The lowest BCUT2D eigenvalue weighted by atomic mass is 10.2. The Labute approximate surface area is 124 Å². The first-order chi connectivity index (χ1) is 9.97. The second-order valence-corrected chi connectivity index (χ2v) is 4.53. The zero-order chi connectivity index (χ0) is 15.4. The number of ether oxygens (including phenoxy) is 1. The fourth-order valence-electron chi connectivity index (χ4n) is 1.61. The lowest BCUT2D eigenvalue weighted by Gasteiger charge is -2.06. The van der Waals surface area contributed by atoms with Gasteiger partial charge in [0, 0.05) is 17.7 Å². The van der Waals surface area contributed by atoms with Crippen LogP contribution in [0.25, 0.3) is 0 Å². The number of esters is 1. The summed E-state index contributed by atoms with van der Waals surface area (Å²) in [6.07, 6.45) is 0. The summed E-state index contributed by atoms with van der Waals surface area (Å²) in [4.78, 5) is 21.8. The van der Waals surface area contributed by atoms with E-state index in [0.29, 0.717) is 5.56 Å². The van der Waals surface area contributed by atoms with Crippen molar-refractivity contribution < 1.29 is 18.8 Å². The van der Waals surface area contributed by atoms with Crippen LogP contribution in [0.5, 0.6) is 0 Å². The van der Waals surface area contributed by atoms with E-state index in [2.05, 4.69) is 0 Å². The van der Waals surface area contributed by atoms with Gasteiger partial charge in [-0.3, -0.25) is 10.1 Å². The summed E-state index contributed by atoms with van der Waals surface area (Å²) < 4.78 is 17.9. The Balaban J connectivity index is 2.08. The van der Waals surface area contributed by atoms with E-state index in [4.69, 9.17) is 16.3 Å². The van der Waals surface area contributed by atoms with Crippen LogP contribution >= 0.6 is 11.6 Å².